The van der Waals surface area contributed by atoms with Crippen LogP contribution in [0.1, 0.15) is 45.4 Å². The largest absolute Gasteiger partial charge is 0.337 e. The number of nitrogens with two attached hydrogens (primary N) is 1. The third kappa shape index (κ3) is 2.69. The summed E-state index contributed by atoms with van der Waals surface area (Å²) in [6.07, 6.45) is 7.05. The number of carbonyl (C=O) groups excluding carboxylic acids is 1. The van der Waals surface area contributed by atoms with Crippen LogP contribution in [0, 0.1) is 0 Å². The molecule has 2 atom stereocenters. The molecule has 0 aromatic heterocycles. The third-order valence-electron chi connectivity index (χ3n) is 4.67. The smallest absolute Gasteiger partial charge is 0.240 e. The molecule has 1 heterocycles. The summed E-state index contributed by atoms with van der Waals surface area (Å²) in [5, 5.41) is 0. The Morgan fingerprint density at radius 1 is 1.28 bits per heavy atom. The van der Waals surface area contributed by atoms with E-state index in [4.69, 9.17) is 5.73 Å². The molecule has 1 amide bonds. The van der Waals surface area contributed by atoms with Crippen molar-refractivity contribution in [3.8, 4) is 0 Å². The van der Waals surface area contributed by atoms with Crippen molar-refractivity contribution in [2.24, 2.45) is 5.73 Å². The number of piperazine rings is 1. The number of likely N-dealkylation sites (N-methyl/N-ethyl adjacent to an activating group) is 1. The van der Waals surface area contributed by atoms with E-state index in [1.165, 1.54) is 32.1 Å². The number of hydrogen-bond acceptors (Lipinski definition) is 3. The minimum absolute atomic E-state index is 0.000626. The molecule has 0 spiro atoms. The molecule has 2 fully saturated rings. The van der Waals surface area contributed by atoms with Crippen LogP contribution >= 0.6 is 0 Å². The van der Waals surface area contributed by atoms with Gasteiger partial charge in [-0.05, 0) is 39.8 Å². The van der Waals surface area contributed by atoms with Crippen LogP contribution in [0.2, 0.25) is 0 Å². The second-order valence-corrected chi connectivity index (χ2v) is 5.89. The molecule has 18 heavy (non-hydrogen) atoms. The predicted octanol–water partition coefficient (Wildman–Crippen LogP) is 1.20. The standard InChI is InChI=1S/C14H27N3O/c1-11-10-17(12-6-4-3-5-7-12)14(18)13(8-9-15)16(11)2/h11-13H,3-10,15H2,1-2H3. The Morgan fingerprint density at radius 3 is 2.56 bits per heavy atom. The normalized spacial score (nSPS) is 31.9. The highest BCUT2D eigenvalue weighted by Crippen LogP contribution is 2.27. The van der Waals surface area contributed by atoms with Gasteiger partial charge in [-0.2, -0.15) is 0 Å². The molecule has 2 aliphatic rings. The first-order valence-corrected chi connectivity index (χ1v) is 7.37. The summed E-state index contributed by atoms with van der Waals surface area (Å²) in [6.45, 7) is 3.69. The lowest BCUT2D eigenvalue weighted by molar-refractivity contribution is -0.147. The number of carbonyl (C=O) groups is 1. The van der Waals surface area contributed by atoms with Crippen LogP contribution in [0.4, 0.5) is 0 Å². The van der Waals surface area contributed by atoms with Crippen molar-refractivity contribution in [3.63, 3.8) is 0 Å². The molecular formula is C14H27N3O. The Balaban J connectivity index is 2.07. The molecule has 4 heteroatoms. The van der Waals surface area contributed by atoms with Crippen molar-refractivity contribution in [1.29, 1.82) is 0 Å². The fourth-order valence-corrected chi connectivity index (χ4v) is 3.38. The maximum absolute atomic E-state index is 12.6. The van der Waals surface area contributed by atoms with Gasteiger partial charge in [0.05, 0.1) is 6.04 Å². The second-order valence-electron chi connectivity index (χ2n) is 5.89. The van der Waals surface area contributed by atoms with Crippen molar-refractivity contribution in [3.05, 3.63) is 0 Å². The van der Waals surface area contributed by atoms with Gasteiger partial charge in [-0.25, -0.2) is 0 Å². The zero-order valence-corrected chi connectivity index (χ0v) is 11.8. The highest BCUT2D eigenvalue weighted by atomic mass is 16.2. The Morgan fingerprint density at radius 2 is 1.94 bits per heavy atom. The summed E-state index contributed by atoms with van der Waals surface area (Å²) >= 11 is 0. The van der Waals surface area contributed by atoms with Crippen LogP contribution in [-0.2, 0) is 4.79 Å². The van der Waals surface area contributed by atoms with E-state index in [1.807, 2.05) is 0 Å². The van der Waals surface area contributed by atoms with Crippen LogP contribution in [0.5, 0.6) is 0 Å². The van der Waals surface area contributed by atoms with Gasteiger partial charge in [0.15, 0.2) is 0 Å². The van der Waals surface area contributed by atoms with Gasteiger partial charge >= 0.3 is 0 Å². The van der Waals surface area contributed by atoms with Crippen LogP contribution in [0.25, 0.3) is 0 Å². The summed E-state index contributed by atoms with van der Waals surface area (Å²) in [5.74, 6) is 0.313. The molecular weight excluding hydrogens is 226 g/mol. The zero-order valence-electron chi connectivity index (χ0n) is 11.8. The summed E-state index contributed by atoms with van der Waals surface area (Å²) in [5.41, 5.74) is 5.66. The highest BCUT2D eigenvalue weighted by molar-refractivity contribution is 5.83. The van der Waals surface area contributed by atoms with E-state index in [0.29, 0.717) is 24.5 Å². The first-order valence-electron chi connectivity index (χ1n) is 7.37. The number of rotatable bonds is 3. The van der Waals surface area contributed by atoms with E-state index in [2.05, 4.69) is 23.8 Å². The summed E-state index contributed by atoms with van der Waals surface area (Å²) in [4.78, 5) is 17.0. The van der Waals surface area contributed by atoms with E-state index in [1.54, 1.807) is 0 Å². The maximum atomic E-state index is 12.6. The van der Waals surface area contributed by atoms with Crippen molar-refractivity contribution >= 4 is 5.91 Å². The van der Waals surface area contributed by atoms with Crippen LogP contribution in [0.15, 0.2) is 0 Å². The first-order chi connectivity index (χ1) is 8.65. The average molecular weight is 253 g/mol. The molecule has 2 rings (SSSR count). The van der Waals surface area contributed by atoms with Gasteiger partial charge in [-0.15, -0.1) is 0 Å². The van der Waals surface area contributed by atoms with Gasteiger partial charge in [0.1, 0.15) is 0 Å². The Hall–Kier alpha value is -0.610. The van der Waals surface area contributed by atoms with Crippen LogP contribution in [0.3, 0.4) is 0 Å². The van der Waals surface area contributed by atoms with Gasteiger partial charge in [-0.1, -0.05) is 19.3 Å². The summed E-state index contributed by atoms with van der Waals surface area (Å²) in [7, 11) is 2.06. The quantitative estimate of drug-likeness (QED) is 0.822. The average Bonchev–Trinajstić information content (AvgIpc) is 2.40. The molecule has 104 valence electrons. The number of hydrogen-bond donors (Lipinski definition) is 1. The lowest BCUT2D eigenvalue weighted by atomic mass is 9.91. The van der Waals surface area contributed by atoms with Crippen LogP contribution in [-0.4, -0.2) is 54.0 Å². The molecule has 0 radical (unpaired) electrons. The van der Waals surface area contributed by atoms with Crippen molar-refractivity contribution in [1.82, 2.24) is 9.80 Å². The van der Waals surface area contributed by atoms with Crippen LogP contribution < -0.4 is 5.73 Å². The van der Waals surface area contributed by atoms with E-state index in [9.17, 15) is 4.79 Å². The van der Waals surface area contributed by atoms with Gasteiger partial charge in [0.25, 0.3) is 0 Å². The zero-order chi connectivity index (χ0) is 13.1. The minimum Gasteiger partial charge on any atom is -0.337 e. The van der Waals surface area contributed by atoms with Crippen molar-refractivity contribution < 1.29 is 4.79 Å². The number of nitrogens with zero attached hydrogens (tertiary/aromatic N) is 2. The summed E-state index contributed by atoms with van der Waals surface area (Å²) in [6, 6.07) is 0.935. The first kappa shape index (κ1) is 13.8. The monoisotopic (exact) mass is 253 g/mol. The number of amides is 1. The fourth-order valence-electron chi connectivity index (χ4n) is 3.38. The molecule has 0 bridgehead atoms. The predicted molar refractivity (Wildman–Crippen MR) is 73.3 cm³/mol. The fraction of sp³-hybridized carbons (Fsp3) is 0.929. The van der Waals surface area contributed by atoms with E-state index >= 15 is 0 Å². The van der Waals surface area contributed by atoms with E-state index in [-0.39, 0.29) is 6.04 Å². The molecule has 2 unspecified atom stereocenters. The third-order valence-corrected chi connectivity index (χ3v) is 4.67. The minimum atomic E-state index is 0.000626. The Kier molecular flexibility index (Phi) is 4.62. The molecule has 0 aromatic carbocycles. The van der Waals surface area contributed by atoms with Gasteiger partial charge in [0.2, 0.25) is 5.91 Å². The van der Waals surface area contributed by atoms with E-state index in [0.717, 1.165) is 13.0 Å². The van der Waals surface area contributed by atoms with E-state index < -0.39 is 0 Å². The lowest BCUT2D eigenvalue weighted by Gasteiger charge is -2.47. The molecule has 4 nitrogen and oxygen atoms in total. The van der Waals surface area contributed by atoms with Crippen molar-refractivity contribution in [2.45, 2.75) is 63.6 Å². The molecule has 1 aliphatic heterocycles. The van der Waals surface area contributed by atoms with Crippen molar-refractivity contribution in [2.75, 3.05) is 20.1 Å². The molecule has 1 saturated carbocycles. The van der Waals surface area contributed by atoms with Gasteiger partial charge in [-0.3, -0.25) is 9.69 Å². The topological polar surface area (TPSA) is 49.6 Å². The molecule has 0 aromatic rings. The molecule has 1 aliphatic carbocycles. The Labute approximate surface area is 110 Å². The lowest BCUT2D eigenvalue weighted by Crippen LogP contribution is -2.62. The van der Waals surface area contributed by atoms with Gasteiger partial charge < -0.3 is 10.6 Å². The SMILES string of the molecule is CC1CN(C2CCCCC2)C(=O)C(CCN)N1C. The second kappa shape index (κ2) is 6.02. The molecule has 1 saturated heterocycles. The summed E-state index contributed by atoms with van der Waals surface area (Å²) < 4.78 is 0. The molecule has 2 N–H and O–H groups in total. The highest BCUT2D eigenvalue weighted by Gasteiger charge is 2.39. The Bertz CT molecular complexity index is 289. The maximum Gasteiger partial charge on any atom is 0.240 e. The van der Waals surface area contributed by atoms with Gasteiger partial charge in [0, 0.05) is 18.6 Å².